The van der Waals surface area contributed by atoms with Crippen molar-refractivity contribution >= 4 is 42.1 Å². The van der Waals surface area contributed by atoms with Crippen molar-refractivity contribution in [2.45, 2.75) is 25.7 Å². The summed E-state index contributed by atoms with van der Waals surface area (Å²) >= 11 is 1.19. The first-order chi connectivity index (χ1) is 15.7. The second kappa shape index (κ2) is 9.99. The summed E-state index contributed by atoms with van der Waals surface area (Å²) in [6.45, 7) is 6.20. The van der Waals surface area contributed by atoms with Gasteiger partial charge in [0, 0.05) is 31.7 Å². The lowest BCUT2D eigenvalue weighted by atomic mass is 10.2. The molecule has 2 fully saturated rings. The molecule has 0 atom stereocenters. The van der Waals surface area contributed by atoms with Crippen molar-refractivity contribution in [2.24, 2.45) is 4.99 Å². The average molecular weight is 495 g/mol. The van der Waals surface area contributed by atoms with Crippen LogP contribution in [0.4, 0.5) is 9.18 Å². The number of hydrogen-bond donors (Lipinski definition) is 0. The Labute approximate surface area is 197 Å². The highest BCUT2D eigenvalue weighted by Crippen LogP contribution is 2.40. The number of amides is 2. The van der Waals surface area contributed by atoms with Gasteiger partial charge in [-0.15, -0.1) is 0 Å². The lowest BCUT2D eigenvalue weighted by molar-refractivity contribution is -0.113. The van der Waals surface area contributed by atoms with Crippen molar-refractivity contribution < 1.29 is 23.3 Å². The van der Waals surface area contributed by atoms with Gasteiger partial charge in [0.2, 0.25) is 0 Å². The molecule has 178 valence electrons. The summed E-state index contributed by atoms with van der Waals surface area (Å²) in [6, 6.07) is 3.86. The van der Waals surface area contributed by atoms with Gasteiger partial charge >= 0.3 is 6.09 Å². The fraction of sp³-hybridized carbons (Fsp3) is 0.500. The molecule has 11 heteroatoms. The minimum Gasteiger partial charge on any atom is -0.410 e. The molecule has 1 aromatic rings. The second-order valence-corrected chi connectivity index (χ2v) is 13.3. The summed E-state index contributed by atoms with van der Waals surface area (Å²) in [5, 5.41) is 4.44. The van der Waals surface area contributed by atoms with Crippen LogP contribution in [0.3, 0.4) is 0 Å². The lowest BCUT2D eigenvalue weighted by Crippen LogP contribution is -2.49. The third-order valence-corrected chi connectivity index (χ3v) is 7.54. The van der Waals surface area contributed by atoms with Gasteiger partial charge < -0.3 is 14.2 Å². The lowest BCUT2D eigenvalue weighted by Gasteiger charge is -2.40. The zero-order chi connectivity index (χ0) is 23.6. The summed E-state index contributed by atoms with van der Waals surface area (Å²) < 4.78 is 31.9. The van der Waals surface area contributed by atoms with Crippen molar-refractivity contribution in [3.63, 3.8) is 0 Å². The van der Waals surface area contributed by atoms with Crippen LogP contribution in [0.15, 0.2) is 28.1 Å². The van der Waals surface area contributed by atoms with Crippen LogP contribution in [-0.4, -0.2) is 77.9 Å². The summed E-state index contributed by atoms with van der Waals surface area (Å²) in [4.78, 5) is 31.2. The molecule has 4 rings (SSSR count). The number of carbonyl (C=O) groups is 2. The van der Waals surface area contributed by atoms with Crippen molar-refractivity contribution in [1.29, 1.82) is 0 Å². The van der Waals surface area contributed by atoms with E-state index in [0.29, 0.717) is 41.6 Å². The van der Waals surface area contributed by atoms with Gasteiger partial charge in [0.15, 0.2) is 5.17 Å². The van der Waals surface area contributed by atoms with Crippen molar-refractivity contribution in [3.8, 4) is 5.75 Å². The molecule has 3 heterocycles. The highest BCUT2D eigenvalue weighted by Gasteiger charge is 2.32. The number of halogens is 1. The molecule has 0 radical (unpaired) electrons. The molecule has 0 unspecified atom stereocenters. The predicted octanol–water partition coefficient (Wildman–Crippen LogP) is 4.28. The van der Waals surface area contributed by atoms with Gasteiger partial charge in [-0.05, 0) is 75.0 Å². The fourth-order valence-corrected chi connectivity index (χ4v) is 6.04. The summed E-state index contributed by atoms with van der Waals surface area (Å²) in [5.41, 5.74) is 0.303. The number of thioether (sulfide) groups is 1. The normalized spacial score (nSPS) is 21.1. The molecule has 3 aliphatic heterocycles. The topological polar surface area (TPSA) is 82.5 Å². The summed E-state index contributed by atoms with van der Waals surface area (Å²) in [6.07, 6.45) is 5.24. The van der Waals surface area contributed by atoms with Gasteiger partial charge in [-0.25, -0.2) is 14.2 Å². The molecule has 33 heavy (non-hydrogen) atoms. The first-order valence-corrected chi connectivity index (χ1v) is 14.7. The van der Waals surface area contributed by atoms with Gasteiger partial charge in [0.25, 0.3) is 5.91 Å². The Hall–Kier alpha value is -2.16. The van der Waals surface area contributed by atoms with Crippen LogP contribution in [0.25, 0.3) is 6.08 Å². The number of benzene rings is 1. The largest absolute Gasteiger partial charge is 0.415 e. The average Bonchev–Trinajstić information content (AvgIpc) is 3.40. The van der Waals surface area contributed by atoms with E-state index in [2.05, 4.69) is 4.99 Å². The maximum absolute atomic E-state index is 14.0. The van der Waals surface area contributed by atoms with Crippen LogP contribution in [0.5, 0.6) is 5.75 Å². The number of likely N-dealkylation sites (tertiary alicyclic amines) is 1. The molecule has 1 aromatic carbocycles. The maximum Gasteiger partial charge on any atom is 0.415 e. The van der Waals surface area contributed by atoms with Gasteiger partial charge in [-0.1, -0.05) is 0 Å². The van der Waals surface area contributed by atoms with E-state index < -0.39 is 25.0 Å². The number of hydrazine groups is 1. The molecular weight excluding hydrogens is 466 g/mol. The predicted molar refractivity (Wildman–Crippen MR) is 128 cm³/mol. The van der Waals surface area contributed by atoms with Crippen molar-refractivity contribution in [2.75, 3.05) is 45.8 Å². The van der Waals surface area contributed by atoms with E-state index in [1.807, 2.05) is 10.0 Å². The first-order valence-electron chi connectivity index (χ1n) is 11.0. The molecular formula is C22H28FN4O4PS. The molecule has 0 aliphatic carbocycles. The van der Waals surface area contributed by atoms with Crippen LogP contribution >= 0.6 is 18.9 Å². The molecule has 2 saturated heterocycles. The van der Waals surface area contributed by atoms with E-state index in [-0.39, 0.29) is 5.75 Å². The minimum absolute atomic E-state index is 0.195. The van der Waals surface area contributed by atoms with E-state index in [1.165, 1.54) is 36.0 Å². The highest BCUT2D eigenvalue weighted by molar-refractivity contribution is 8.18. The number of hydrogen-bond acceptors (Lipinski definition) is 7. The van der Waals surface area contributed by atoms with Crippen LogP contribution in [-0.2, 0) is 9.36 Å². The Kier molecular flexibility index (Phi) is 7.26. The van der Waals surface area contributed by atoms with Crippen molar-refractivity contribution in [1.82, 2.24) is 14.9 Å². The van der Waals surface area contributed by atoms with Crippen LogP contribution in [0.2, 0.25) is 0 Å². The zero-order valence-corrected chi connectivity index (χ0v) is 20.5. The standard InChI is InChI=1S/C22H28FN4O4PS/c1-32(2,30)15-26-11-5-6-12-27(26)21-24-20(28)19(33-21)14-16-13-17(23)7-8-18(16)31-22(29)25-9-3-4-10-25/h7-8,13-14H,3-6,9-12,15H2,1-2H3/b19-14-. The van der Waals surface area contributed by atoms with Crippen LogP contribution < -0.4 is 4.74 Å². The number of amidine groups is 1. The Balaban J connectivity index is 1.53. The molecule has 0 spiro atoms. The quantitative estimate of drug-likeness (QED) is 0.456. The van der Waals surface area contributed by atoms with Gasteiger partial charge in [0.05, 0.1) is 18.3 Å². The van der Waals surface area contributed by atoms with Crippen LogP contribution in [0.1, 0.15) is 31.2 Å². The number of aliphatic imine (C=N–C) groups is 1. The van der Waals surface area contributed by atoms with E-state index in [0.717, 1.165) is 32.2 Å². The third-order valence-electron chi connectivity index (χ3n) is 5.53. The molecule has 0 N–H and O–H groups in total. The third kappa shape index (κ3) is 6.05. The number of rotatable bonds is 4. The monoisotopic (exact) mass is 494 g/mol. The summed E-state index contributed by atoms with van der Waals surface area (Å²) in [7, 11) is -2.31. The van der Waals surface area contributed by atoms with E-state index >= 15 is 0 Å². The minimum atomic E-state index is -2.31. The maximum atomic E-state index is 14.0. The van der Waals surface area contributed by atoms with Crippen LogP contribution in [0, 0.1) is 5.82 Å². The molecule has 8 nitrogen and oxygen atoms in total. The fourth-order valence-electron chi connectivity index (χ4n) is 4.01. The molecule has 0 saturated carbocycles. The van der Waals surface area contributed by atoms with Gasteiger partial charge in [0.1, 0.15) is 11.6 Å². The van der Waals surface area contributed by atoms with E-state index in [9.17, 15) is 18.5 Å². The highest BCUT2D eigenvalue weighted by atomic mass is 32.2. The Morgan fingerprint density at radius 2 is 1.88 bits per heavy atom. The Morgan fingerprint density at radius 3 is 2.61 bits per heavy atom. The number of carbonyl (C=O) groups excluding carboxylic acids is 2. The summed E-state index contributed by atoms with van der Waals surface area (Å²) in [5.74, 6) is -0.735. The Morgan fingerprint density at radius 1 is 1.18 bits per heavy atom. The van der Waals surface area contributed by atoms with Gasteiger partial charge in [-0.2, -0.15) is 4.99 Å². The number of nitrogens with zero attached hydrogens (tertiary/aromatic N) is 4. The smallest absolute Gasteiger partial charge is 0.410 e. The van der Waals surface area contributed by atoms with Crippen molar-refractivity contribution in [3.05, 3.63) is 34.5 Å². The second-order valence-electron chi connectivity index (χ2n) is 8.83. The SMILES string of the molecule is CP(C)(=O)CN1CCCCN1C1=NC(=O)/C(=C/c2cc(F)ccc2OC(=O)N2CCCC2)S1. The van der Waals surface area contributed by atoms with Gasteiger partial charge in [-0.3, -0.25) is 9.80 Å². The Bertz CT molecular complexity index is 1050. The molecule has 0 aromatic heterocycles. The van der Waals surface area contributed by atoms with E-state index in [4.69, 9.17) is 4.74 Å². The number of ether oxygens (including phenoxy) is 1. The first kappa shape index (κ1) is 24.0. The zero-order valence-electron chi connectivity index (χ0n) is 18.8. The molecule has 2 amide bonds. The van der Waals surface area contributed by atoms with E-state index in [1.54, 1.807) is 18.2 Å². The molecule has 3 aliphatic rings. The molecule has 0 bridgehead atoms.